The van der Waals surface area contributed by atoms with Gasteiger partial charge in [-0.2, -0.15) is 10.2 Å². The van der Waals surface area contributed by atoms with Gasteiger partial charge in [0.2, 0.25) is 0 Å². The number of hydrogen-bond donors (Lipinski definition) is 1. The van der Waals surface area contributed by atoms with E-state index in [1.54, 1.807) is 4.52 Å². The molecule has 2 atom stereocenters. The van der Waals surface area contributed by atoms with Gasteiger partial charge < -0.3 is 15.5 Å². The number of amides is 1. The lowest BCUT2D eigenvalue weighted by atomic mass is 9.99. The topological polar surface area (TPSA) is 97.1 Å². The molecule has 9 nitrogen and oxygen atoms in total. The number of fused-ring (bicyclic) bond motifs is 2. The van der Waals surface area contributed by atoms with Crippen molar-refractivity contribution in [3.8, 4) is 0 Å². The normalized spacial score (nSPS) is 21.4. The van der Waals surface area contributed by atoms with Crippen molar-refractivity contribution in [3.05, 3.63) is 59.7 Å². The van der Waals surface area contributed by atoms with Crippen LogP contribution in [0.25, 0.3) is 11.2 Å². The van der Waals surface area contributed by atoms with Gasteiger partial charge in [0.15, 0.2) is 11.3 Å². The summed E-state index contributed by atoms with van der Waals surface area (Å²) in [5.41, 5.74) is 10.3. The third-order valence-corrected chi connectivity index (χ3v) is 6.84. The Kier molecular flexibility index (Phi) is 4.79. The van der Waals surface area contributed by atoms with Crippen LogP contribution in [0.15, 0.2) is 42.7 Å². The number of rotatable bonds is 3. The van der Waals surface area contributed by atoms with E-state index in [0.717, 1.165) is 67.0 Å². The van der Waals surface area contributed by atoms with Crippen molar-refractivity contribution in [1.29, 1.82) is 0 Å². The van der Waals surface area contributed by atoms with Crippen molar-refractivity contribution >= 4 is 22.9 Å². The fourth-order valence-corrected chi connectivity index (χ4v) is 5.15. The highest BCUT2D eigenvalue weighted by Gasteiger charge is 2.32. The lowest BCUT2D eigenvalue weighted by Crippen LogP contribution is -2.39. The fourth-order valence-electron chi connectivity index (χ4n) is 5.15. The minimum absolute atomic E-state index is 0.0451. The van der Waals surface area contributed by atoms with Crippen LogP contribution in [0, 0.1) is 6.92 Å². The summed E-state index contributed by atoms with van der Waals surface area (Å²) in [4.78, 5) is 22.6. The fraction of sp³-hybridized carbons (Fsp3) is 0.417. The van der Waals surface area contributed by atoms with Gasteiger partial charge in [0.05, 0.1) is 17.3 Å². The maximum atomic E-state index is 13.5. The molecule has 2 N–H and O–H groups in total. The highest BCUT2D eigenvalue weighted by molar-refractivity contribution is 5.94. The molecule has 2 aliphatic rings. The standard InChI is InChI=1S/C24H28N8O/c1-16-14-32-22(26-23(16)29-11-8-17(25)15-29)13-19(27-32)21-7-3-4-9-30(21)24(33)20-12-18-6-2-5-10-31(18)28-20/h2,5-6,10,12-14,17,21H,3-4,7-9,11,15,25H2,1H3/t17-,21-/m0/s1. The molecule has 0 saturated carbocycles. The van der Waals surface area contributed by atoms with E-state index in [1.165, 1.54) is 0 Å². The highest BCUT2D eigenvalue weighted by Crippen LogP contribution is 2.32. The monoisotopic (exact) mass is 444 g/mol. The van der Waals surface area contributed by atoms with Crippen LogP contribution >= 0.6 is 0 Å². The van der Waals surface area contributed by atoms with E-state index in [2.05, 4.69) is 16.9 Å². The van der Waals surface area contributed by atoms with Crippen molar-refractivity contribution in [1.82, 2.24) is 29.1 Å². The van der Waals surface area contributed by atoms with Crippen LogP contribution in [0.5, 0.6) is 0 Å². The first-order valence-corrected chi connectivity index (χ1v) is 11.7. The number of aryl methyl sites for hydroxylation is 1. The second-order valence-electron chi connectivity index (χ2n) is 9.22. The van der Waals surface area contributed by atoms with Crippen LogP contribution in [0.2, 0.25) is 0 Å². The van der Waals surface area contributed by atoms with E-state index in [1.807, 2.05) is 52.1 Å². The number of carbonyl (C=O) groups excluding carboxylic acids is 1. The smallest absolute Gasteiger partial charge is 0.274 e. The number of carbonyl (C=O) groups is 1. The van der Waals surface area contributed by atoms with E-state index in [9.17, 15) is 4.79 Å². The number of pyridine rings is 1. The Hall–Kier alpha value is -3.46. The molecule has 0 unspecified atom stereocenters. The first-order valence-electron chi connectivity index (χ1n) is 11.7. The summed E-state index contributed by atoms with van der Waals surface area (Å²) in [5.74, 6) is 0.930. The zero-order valence-electron chi connectivity index (χ0n) is 18.8. The van der Waals surface area contributed by atoms with Crippen molar-refractivity contribution in [2.24, 2.45) is 5.73 Å². The Labute approximate surface area is 191 Å². The zero-order chi connectivity index (χ0) is 22.5. The minimum atomic E-state index is -0.0817. The van der Waals surface area contributed by atoms with Gasteiger partial charge in [-0.05, 0) is 50.8 Å². The molecule has 4 aromatic rings. The number of aromatic nitrogens is 5. The summed E-state index contributed by atoms with van der Waals surface area (Å²) in [7, 11) is 0. The number of anilines is 1. The maximum absolute atomic E-state index is 13.5. The molecule has 0 spiro atoms. The lowest BCUT2D eigenvalue weighted by Gasteiger charge is -2.34. The molecule has 0 radical (unpaired) electrons. The van der Waals surface area contributed by atoms with Gasteiger partial charge >= 0.3 is 0 Å². The van der Waals surface area contributed by atoms with Gasteiger partial charge in [-0.25, -0.2) is 14.0 Å². The van der Waals surface area contributed by atoms with Crippen LogP contribution in [0.1, 0.15) is 53.5 Å². The Morgan fingerprint density at radius 2 is 2.00 bits per heavy atom. The van der Waals surface area contributed by atoms with Gasteiger partial charge in [0.1, 0.15) is 5.82 Å². The molecule has 2 fully saturated rings. The second-order valence-corrected chi connectivity index (χ2v) is 9.22. The third kappa shape index (κ3) is 3.52. The van der Waals surface area contributed by atoms with Gasteiger partial charge in [0.25, 0.3) is 5.91 Å². The van der Waals surface area contributed by atoms with Gasteiger partial charge in [-0.3, -0.25) is 4.79 Å². The first kappa shape index (κ1) is 20.2. The number of hydrogen-bond acceptors (Lipinski definition) is 6. The molecule has 170 valence electrons. The Bertz CT molecular complexity index is 1310. The largest absolute Gasteiger partial charge is 0.355 e. The maximum Gasteiger partial charge on any atom is 0.274 e. The van der Waals surface area contributed by atoms with Crippen LogP contribution in [-0.2, 0) is 0 Å². The van der Waals surface area contributed by atoms with E-state index in [0.29, 0.717) is 12.2 Å². The predicted octanol–water partition coefficient (Wildman–Crippen LogP) is 2.59. The number of likely N-dealkylation sites (tertiary alicyclic amines) is 1. The third-order valence-electron chi connectivity index (χ3n) is 6.84. The van der Waals surface area contributed by atoms with Crippen LogP contribution in [-0.4, -0.2) is 60.7 Å². The van der Waals surface area contributed by atoms with Crippen molar-refractivity contribution < 1.29 is 4.79 Å². The summed E-state index contributed by atoms with van der Waals surface area (Å²) in [5, 5.41) is 9.34. The van der Waals surface area contributed by atoms with Gasteiger partial charge in [-0.1, -0.05) is 6.07 Å². The summed E-state index contributed by atoms with van der Waals surface area (Å²) >= 11 is 0. The van der Waals surface area contributed by atoms with Crippen LogP contribution < -0.4 is 10.6 Å². The SMILES string of the molecule is Cc1cn2nc([C@@H]3CCCCN3C(=O)c3cc4ccccn4n3)cc2nc1N1CC[C@H](N)C1. The molecule has 4 aromatic heterocycles. The lowest BCUT2D eigenvalue weighted by molar-refractivity contribution is 0.0599. The number of nitrogens with two attached hydrogens (primary N) is 1. The number of nitrogens with zero attached hydrogens (tertiary/aromatic N) is 7. The predicted molar refractivity (Wildman–Crippen MR) is 125 cm³/mol. The average molecular weight is 445 g/mol. The molecule has 33 heavy (non-hydrogen) atoms. The molecule has 0 bridgehead atoms. The average Bonchev–Trinajstić information content (AvgIpc) is 3.55. The quantitative estimate of drug-likeness (QED) is 0.522. The molecule has 2 aliphatic heterocycles. The Morgan fingerprint density at radius 1 is 1.09 bits per heavy atom. The van der Waals surface area contributed by atoms with Crippen LogP contribution in [0.4, 0.5) is 5.82 Å². The van der Waals surface area contributed by atoms with E-state index in [4.69, 9.17) is 15.8 Å². The first-order chi connectivity index (χ1) is 16.1. The Morgan fingerprint density at radius 3 is 2.82 bits per heavy atom. The summed E-state index contributed by atoms with van der Waals surface area (Å²) < 4.78 is 3.59. The van der Waals surface area contributed by atoms with E-state index < -0.39 is 0 Å². The van der Waals surface area contributed by atoms with Gasteiger partial charge in [0, 0.05) is 49.7 Å². The zero-order valence-corrected chi connectivity index (χ0v) is 18.8. The highest BCUT2D eigenvalue weighted by atomic mass is 16.2. The molecule has 2 saturated heterocycles. The summed E-state index contributed by atoms with van der Waals surface area (Å²) in [6.07, 6.45) is 7.81. The van der Waals surface area contributed by atoms with Crippen molar-refractivity contribution in [3.63, 3.8) is 0 Å². The van der Waals surface area contributed by atoms with Crippen molar-refractivity contribution in [2.75, 3.05) is 24.5 Å². The molecule has 9 heteroatoms. The van der Waals surface area contributed by atoms with Gasteiger partial charge in [-0.15, -0.1) is 0 Å². The van der Waals surface area contributed by atoms with E-state index >= 15 is 0 Å². The molecular weight excluding hydrogens is 416 g/mol. The molecule has 1 amide bonds. The minimum Gasteiger partial charge on any atom is -0.355 e. The van der Waals surface area contributed by atoms with E-state index in [-0.39, 0.29) is 18.0 Å². The van der Waals surface area contributed by atoms with Crippen molar-refractivity contribution in [2.45, 2.75) is 44.7 Å². The molecule has 0 aromatic carbocycles. The molecule has 6 heterocycles. The Balaban J connectivity index is 1.33. The molecule has 6 rings (SSSR count). The summed E-state index contributed by atoms with van der Waals surface area (Å²) in [6.45, 7) is 4.52. The molecular formula is C24H28N8O. The number of piperidine rings is 1. The summed E-state index contributed by atoms with van der Waals surface area (Å²) in [6, 6.07) is 9.82. The van der Waals surface area contributed by atoms with Crippen LogP contribution in [0.3, 0.4) is 0 Å². The second kappa shape index (κ2) is 7.84. The molecule has 0 aliphatic carbocycles.